The molecule has 0 amide bonds. The van der Waals surface area contributed by atoms with Crippen LogP contribution >= 0.6 is 0 Å². The predicted octanol–water partition coefficient (Wildman–Crippen LogP) is 2.75. The molecule has 0 aliphatic heterocycles. The van der Waals surface area contributed by atoms with Crippen LogP contribution in [0.15, 0.2) is 73.6 Å². The Morgan fingerprint density at radius 3 is 2.50 bits per heavy atom. The Morgan fingerprint density at radius 1 is 0.923 bits per heavy atom. The quantitative estimate of drug-likeness (QED) is 0.377. The SMILES string of the molecule is NNc1nc(Nc2cccnc2)nc(-n2ccnc2)c1-c1ccccc1. The summed E-state index contributed by atoms with van der Waals surface area (Å²) < 4.78 is 1.82. The molecule has 0 aliphatic rings. The third kappa shape index (κ3) is 3.08. The number of anilines is 3. The molecule has 128 valence electrons. The summed E-state index contributed by atoms with van der Waals surface area (Å²) in [5, 5.41) is 3.15. The standard InChI is InChI=1S/C18H16N8/c19-25-16-15(13-5-2-1-3-6-13)17(26-10-9-21-12-26)24-18(23-16)22-14-7-4-8-20-11-14/h1-12H,19H2,(H2,22,23,24,25). The first kappa shape index (κ1) is 15.7. The molecule has 1 aromatic carbocycles. The van der Waals surface area contributed by atoms with Gasteiger partial charge in [-0.15, -0.1) is 0 Å². The molecule has 0 atom stereocenters. The van der Waals surface area contributed by atoms with Crippen molar-refractivity contribution in [3.05, 3.63) is 73.6 Å². The van der Waals surface area contributed by atoms with Crippen molar-refractivity contribution in [1.29, 1.82) is 0 Å². The van der Waals surface area contributed by atoms with Gasteiger partial charge in [-0.3, -0.25) is 9.55 Å². The fourth-order valence-electron chi connectivity index (χ4n) is 2.62. The number of rotatable bonds is 5. The van der Waals surface area contributed by atoms with E-state index in [2.05, 4.69) is 30.7 Å². The van der Waals surface area contributed by atoms with Gasteiger partial charge in [0.15, 0.2) is 11.6 Å². The first-order valence-corrected chi connectivity index (χ1v) is 7.94. The number of aromatic nitrogens is 5. The number of pyridine rings is 1. The van der Waals surface area contributed by atoms with Crippen molar-refractivity contribution >= 4 is 17.5 Å². The summed E-state index contributed by atoms with van der Waals surface area (Å²) in [6, 6.07) is 13.5. The maximum Gasteiger partial charge on any atom is 0.231 e. The number of hydrogen-bond acceptors (Lipinski definition) is 7. The summed E-state index contributed by atoms with van der Waals surface area (Å²) in [5.41, 5.74) is 5.18. The van der Waals surface area contributed by atoms with E-state index in [9.17, 15) is 0 Å². The van der Waals surface area contributed by atoms with Crippen molar-refractivity contribution in [3.8, 4) is 16.9 Å². The molecule has 8 heteroatoms. The highest BCUT2D eigenvalue weighted by atomic mass is 15.3. The molecule has 0 bridgehead atoms. The van der Waals surface area contributed by atoms with Gasteiger partial charge in [-0.2, -0.15) is 9.97 Å². The summed E-state index contributed by atoms with van der Waals surface area (Å²) in [6.45, 7) is 0. The van der Waals surface area contributed by atoms with Gasteiger partial charge in [0.25, 0.3) is 0 Å². The Balaban J connectivity index is 1.88. The minimum Gasteiger partial charge on any atom is -0.323 e. The lowest BCUT2D eigenvalue weighted by atomic mass is 10.1. The smallest absolute Gasteiger partial charge is 0.231 e. The highest BCUT2D eigenvalue weighted by Gasteiger charge is 2.17. The average Bonchev–Trinajstić information content (AvgIpc) is 3.23. The van der Waals surface area contributed by atoms with Crippen molar-refractivity contribution < 1.29 is 0 Å². The van der Waals surface area contributed by atoms with E-state index in [1.165, 1.54) is 0 Å². The molecule has 0 saturated carbocycles. The lowest BCUT2D eigenvalue weighted by Gasteiger charge is -2.16. The van der Waals surface area contributed by atoms with E-state index in [0.717, 1.165) is 16.8 Å². The summed E-state index contributed by atoms with van der Waals surface area (Å²) in [6.07, 6.45) is 8.60. The van der Waals surface area contributed by atoms with Crippen LogP contribution in [0.1, 0.15) is 0 Å². The van der Waals surface area contributed by atoms with Crippen LogP contribution in [0, 0.1) is 0 Å². The van der Waals surface area contributed by atoms with Gasteiger partial charge in [-0.25, -0.2) is 10.8 Å². The highest BCUT2D eigenvalue weighted by molar-refractivity contribution is 5.82. The van der Waals surface area contributed by atoms with Crippen molar-refractivity contribution in [3.63, 3.8) is 0 Å². The Bertz CT molecular complexity index is 985. The molecule has 0 unspecified atom stereocenters. The largest absolute Gasteiger partial charge is 0.323 e. The van der Waals surface area contributed by atoms with E-state index < -0.39 is 0 Å². The van der Waals surface area contributed by atoms with E-state index in [1.54, 1.807) is 24.9 Å². The van der Waals surface area contributed by atoms with Gasteiger partial charge in [-0.05, 0) is 17.7 Å². The second-order valence-corrected chi connectivity index (χ2v) is 5.44. The monoisotopic (exact) mass is 344 g/mol. The third-order valence-corrected chi connectivity index (χ3v) is 3.76. The molecule has 4 aromatic rings. The van der Waals surface area contributed by atoms with E-state index in [4.69, 9.17) is 5.84 Å². The lowest BCUT2D eigenvalue weighted by Crippen LogP contribution is -2.14. The second-order valence-electron chi connectivity index (χ2n) is 5.44. The van der Waals surface area contributed by atoms with Crippen LogP contribution in [-0.4, -0.2) is 24.5 Å². The predicted molar refractivity (Wildman–Crippen MR) is 99.9 cm³/mol. The van der Waals surface area contributed by atoms with Gasteiger partial charge in [0, 0.05) is 18.6 Å². The molecule has 0 saturated heterocycles. The van der Waals surface area contributed by atoms with Gasteiger partial charge in [0.2, 0.25) is 5.95 Å². The number of benzene rings is 1. The van der Waals surface area contributed by atoms with E-state index in [-0.39, 0.29) is 0 Å². The van der Waals surface area contributed by atoms with Gasteiger partial charge in [-0.1, -0.05) is 30.3 Å². The Labute approximate surface area is 149 Å². The molecule has 0 aliphatic carbocycles. The zero-order valence-corrected chi connectivity index (χ0v) is 13.7. The van der Waals surface area contributed by atoms with Crippen molar-refractivity contribution in [2.75, 3.05) is 10.7 Å². The number of hydrazine groups is 1. The van der Waals surface area contributed by atoms with Crippen LogP contribution in [0.25, 0.3) is 16.9 Å². The Kier molecular flexibility index (Phi) is 4.23. The Hall–Kier alpha value is -3.78. The van der Waals surface area contributed by atoms with Crippen LogP contribution in [0.3, 0.4) is 0 Å². The van der Waals surface area contributed by atoms with Crippen LogP contribution in [0.5, 0.6) is 0 Å². The number of nitrogens with one attached hydrogen (secondary N) is 2. The maximum atomic E-state index is 5.77. The van der Waals surface area contributed by atoms with Crippen molar-refractivity contribution in [1.82, 2.24) is 24.5 Å². The number of hydrogen-bond donors (Lipinski definition) is 3. The number of imidazole rings is 1. The molecule has 0 radical (unpaired) electrons. The lowest BCUT2D eigenvalue weighted by molar-refractivity contribution is 0.976. The van der Waals surface area contributed by atoms with Crippen LogP contribution in [-0.2, 0) is 0 Å². The normalized spacial score (nSPS) is 10.5. The van der Waals surface area contributed by atoms with Gasteiger partial charge in [0.05, 0.1) is 17.4 Å². The van der Waals surface area contributed by atoms with Crippen molar-refractivity contribution in [2.24, 2.45) is 5.84 Å². The van der Waals surface area contributed by atoms with Crippen LogP contribution in [0.2, 0.25) is 0 Å². The van der Waals surface area contributed by atoms with Crippen LogP contribution in [0.4, 0.5) is 17.5 Å². The third-order valence-electron chi connectivity index (χ3n) is 3.76. The minimum absolute atomic E-state index is 0.398. The summed E-state index contributed by atoms with van der Waals surface area (Å²) >= 11 is 0. The van der Waals surface area contributed by atoms with Crippen molar-refractivity contribution in [2.45, 2.75) is 0 Å². The van der Waals surface area contributed by atoms with E-state index >= 15 is 0 Å². The summed E-state index contributed by atoms with van der Waals surface area (Å²) in [7, 11) is 0. The fraction of sp³-hybridized carbons (Fsp3) is 0. The first-order chi connectivity index (χ1) is 12.8. The molecule has 3 aromatic heterocycles. The van der Waals surface area contributed by atoms with Gasteiger partial charge in [0.1, 0.15) is 6.33 Å². The first-order valence-electron chi connectivity index (χ1n) is 7.94. The minimum atomic E-state index is 0.398. The molecule has 26 heavy (non-hydrogen) atoms. The summed E-state index contributed by atoms with van der Waals surface area (Å²) in [5.74, 6) is 7.32. The van der Waals surface area contributed by atoms with Gasteiger partial charge >= 0.3 is 0 Å². The maximum absolute atomic E-state index is 5.77. The number of nitrogen functional groups attached to an aromatic ring is 1. The highest BCUT2D eigenvalue weighted by Crippen LogP contribution is 2.32. The second kappa shape index (κ2) is 6.99. The molecule has 4 rings (SSSR count). The average molecular weight is 344 g/mol. The zero-order valence-electron chi connectivity index (χ0n) is 13.7. The summed E-state index contributed by atoms with van der Waals surface area (Å²) in [4.78, 5) is 17.4. The topological polar surface area (TPSA) is 107 Å². The molecular weight excluding hydrogens is 328 g/mol. The number of nitrogens with zero attached hydrogens (tertiary/aromatic N) is 5. The zero-order chi connectivity index (χ0) is 17.8. The fourth-order valence-corrected chi connectivity index (χ4v) is 2.62. The molecule has 0 fully saturated rings. The molecule has 4 N–H and O–H groups in total. The van der Waals surface area contributed by atoms with Crippen LogP contribution < -0.4 is 16.6 Å². The molecule has 8 nitrogen and oxygen atoms in total. The molecule has 0 spiro atoms. The van der Waals surface area contributed by atoms with E-state index in [1.807, 2.05) is 53.2 Å². The van der Waals surface area contributed by atoms with Gasteiger partial charge < -0.3 is 10.7 Å². The molecular formula is C18H16N8. The van der Waals surface area contributed by atoms with E-state index in [0.29, 0.717) is 17.6 Å². The number of nitrogens with two attached hydrogens (primary N) is 1. The Morgan fingerprint density at radius 2 is 1.81 bits per heavy atom. The molecule has 3 heterocycles.